The number of benzene rings is 1. The topological polar surface area (TPSA) is 21.6 Å². The molecule has 3 fully saturated rings. The first kappa shape index (κ1) is 18.6. The average Bonchev–Trinajstić information content (AvgIpc) is 2.67. The molecule has 0 unspecified atom stereocenters. The minimum Gasteiger partial charge on any atom is -0.493 e. The van der Waals surface area contributed by atoms with E-state index in [4.69, 9.17) is 4.74 Å². The molecule has 3 aliphatic carbocycles. The lowest BCUT2D eigenvalue weighted by atomic mass is 9.53. The van der Waals surface area contributed by atoms with Crippen LogP contribution < -0.4 is 4.74 Å². The van der Waals surface area contributed by atoms with Crippen molar-refractivity contribution in [2.75, 3.05) is 6.61 Å². The summed E-state index contributed by atoms with van der Waals surface area (Å²) in [6.07, 6.45) is 15.4. The molecular formula is C22H31NOS. The van der Waals surface area contributed by atoms with Crippen LogP contribution in [0.4, 0.5) is 5.69 Å². The fourth-order valence-corrected chi connectivity index (χ4v) is 4.87. The minimum absolute atomic E-state index is 0.427. The van der Waals surface area contributed by atoms with Gasteiger partial charge in [0.1, 0.15) is 5.75 Å². The van der Waals surface area contributed by atoms with Crippen LogP contribution in [-0.2, 0) is 0 Å². The van der Waals surface area contributed by atoms with Crippen molar-refractivity contribution >= 4 is 23.1 Å². The predicted molar refractivity (Wildman–Crippen MR) is 108 cm³/mol. The molecule has 0 spiro atoms. The Morgan fingerprint density at radius 1 is 0.960 bits per heavy atom. The molecule has 3 heteroatoms. The van der Waals surface area contributed by atoms with Gasteiger partial charge in [0.05, 0.1) is 17.5 Å². The molecule has 1 aromatic carbocycles. The number of aliphatic imine (C=N–C) groups is 1. The van der Waals surface area contributed by atoms with Crippen LogP contribution in [0.3, 0.4) is 0 Å². The number of rotatable bonds is 9. The Bertz CT molecular complexity index is 578. The van der Waals surface area contributed by atoms with E-state index < -0.39 is 0 Å². The fourth-order valence-electron chi connectivity index (χ4n) is 4.77. The van der Waals surface area contributed by atoms with Gasteiger partial charge in [-0.25, -0.2) is 0 Å². The van der Waals surface area contributed by atoms with E-state index in [-0.39, 0.29) is 0 Å². The van der Waals surface area contributed by atoms with Gasteiger partial charge in [0.2, 0.25) is 0 Å². The highest BCUT2D eigenvalue weighted by atomic mass is 32.1. The van der Waals surface area contributed by atoms with Crippen molar-refractivity contribution in [2.24, 2.45) is 15.8 Å². The van der Waals surface area contributed by atoms with Gasteiger partial charge in [-0.1, -0.05) is 32.6 Å². The second-order valence-electron chi connectivity index (χ2n) is 8.30. The second kappa shape index (κ2) is 8.47. The van der Waals surface area contributed by atoms with E-state index in [1.54, 1.807) is 0 Å². The Hall–Kier alpha value is -1.18. The van der Waals surface area contributed by atoms with Crippen molar-refractivity contribution in [3.8, 4) is 5.75 Å². The van der Waals surface area contributed by atoms with Crippen LogP contribution >= 0.6 is 12.2 Å². The Kier molecular flexibility index (Phi) is 6.30. The molecule has 3 saturated carbocycles. The molecule has 1 aromatic rings. The first-order valence-corrected chi connectivity index (χ1v) is 10.4. The van der Waals surface area contributed by atoms with Crippen LogP contribution in [0, 0.1) is 10.8 Å². The maximum absolute atomic E-state index is 6.16. The van der Waals surface area contributed by atoms with Gasteiger partial charge in [-0.2, -0.15) is 4.99 Å². The van der Waals surface area contributed by atoms with Crippen molar-refractivity contribution in [2.45, 2.75) is 77.6 Å². The summed E-state index contributed by atoms with van der Waals surface area (Å²) in [6.45, 7) is 3.17. The average molecular weight is 358 g/mol. The highest BCUT2D eigenvalue weighted by molar-refractivity contribution is 7.78. The van der Waals surface area contributed by atoms with Crippen LogP contribution in [0.15, 0.2) is 29.3 Å². The summed E-state index contributed by atoms with van der Waals surface area (Å²) in [5.41, 5.74) is 1.94. The molecule has 0 atom stereocenters. The zero-order valence-electron chi connectivity index (χ0n) is 15.6. The molecule has 0 aliphatic heterocycles. The number of hydrogen-bond acceptors (Lipinski definition) is 3. The Morgan fingerprint density at radius 2 is 1.60 bits per heavy atom. The summed E-state index contributed by atoms with van der Waals surface area (Å²) in [4.78, 5) is 3.99. The molecule has 3 aliphatic rings. The summed E-state index contributed by atoms with van der Waals surface area (Å²) in [6, 6.07) is 7.86. The zero-order valence-corrected chi connectivity index (χ0v) is 16.4. The van der Waals surface area contributed by atoms with Crippen molar-refractivity contribution in [3.63, 3.8) is 0 Å². The number of ether oxygens (including phenoxy) is 1. The number of nitrogens with zero attached hydrogens (tertiary/aromatic N) is 1. The first-order chi connectivity index (χ1) is 12.2. The molecule has 0 aromatic heterocycles. The molecule has 136 valence electrons. The fraction of sp³-hybridized carbons (Fsp3) is 0.682. The highest BCUT2D eigenvalue weighted by Gasteiger charge is 2.48. The summed E-state index contributed by atoms with van der Waals surface area (Å²) in [5, 5.41) is 2.40. The number of thiocarbonyl (C=S) groups is 1. The standard InChI is InChI=1S/C22H31NOS/c1-2-3-4-5-10-21-11-14-22(15-12-21,16-13-21)17-24-20-8-6-19(7-9-20)23-18-25/h6-9H,2-5,10-17H2,1H3. The first-order valence-electron chi connectivity index (χ1n) is 10.0. The largest absolute Gasteiger partial charge is 0.493 e. The highest BCUT2D eigenvalue weighted by Crippen LogP contribution is 2.58. The molecule has 2 nitrogen and oxygen atoms in total. The summed E-state index contributed by atoms with van der Waals surface area (Å²) in [7, 11) is 0. The van der Waals surface area contributed by atoms with E-state index in [1.807, 2.05) is 24.3 Å². The minimum atomic E-state index is 0.427. The maximum Gasteiger partial charge on any atom is 0.119 e. The lowest BCUT2D eigenvalue weighted by molar-refractivity contribution is -0.0409. The van der Waals surface area contributed by atoms with Gasteiger partial charge in [-0.05, 0) is 86.8 Å². The van der Waals surface area contributed by atoms with E-state index in [9.17, 15) is 0 Å². The van der Waals surface area contributed by atoms with E-state index in [0.717, 1.165) is 18.0 Å². The smallest absolute Gasteiger partial charge is 0.119 e. The van der Waals surface area contributed by atoms with Gasteiger partial charge in [0.25, 0.3) is 0 Å². The van der Waals surface area contributed by atoms with Crippen LogP contribution in [-0.4, -0.2) is 11.8 Å². The van der Waals surface area contributed by atoms with Crippen LogP contribution in [0.25, 0.3) is 0 Å². The van der Waals surface area contributed by atoms with Gasteiger partial charge in [-0.15, -0.1) is 0 Å². The lowest BCUT2D eigenvalue weighted by Crippen LogP contribution is -2.44. The van der Waals surface area contributed by atoms with Crippen molar-refractivity contribution in [1.82, 2.24) is 0 Å². The van der Waals surface area contributed by atoms with E-state index in [2.05, 4.69) is 29.3 Å². The monoisotopic (exact) mass is 357 g/mol. The zero-order chi connectivity index (χ0) is 17.6. The molecule has 25 heavy (non-hydrogen) atoms. The van der Waals surface area contributed by atoms with Gasteiger partial charge >= 0.3 is 0 Å². The van der Waals surface area contributed by atoms with Crippen molar-refractivity contribution < 1.29 is 4.74 Å². The third-order valence-corrected chi connectivity index (χ3v) is 6.77. The molecule has 0 radical (unpaired) electrons. The van der Waals surface area contributed by atoms with Crippen molar-refractivity contribution in [1.29, 1.82) is 0 Å². The lowest BCUT2D eigenvalue weighted by Gasteiger charge is -2.53. The summed E-state index contributed by atoms with van der Waals surface area (Å²) >= 11 is 4.64. The second-order valence-corrected chi connectivity index (χ2v) is 8.48. The van der Waals surface area contributed by atoms with E-state index in [1.165, 1.54) is 70.6 Å². The van der Waals surface area contributed by atoms with Gasteiger partial charge in [0, 0.05) is 5.41 Å². The molecular weight excluding hydrogens is 326 g/mol. The summed E-state index contributed by atoms with van der Waals surface area (Å²) in [5.74, 6) is 0.944. The predicted octanol–water partition coefficient (Wildman–Crippen LogP) is 7.11. The van der Waals surface area contributed by atoms with Crippen LogP contribution in [0.5, 0.6) is 5.75 Å². The van der Waals surface area contributed by atoms with E-state index >= 15 is 0 Å². The van der Waals surface area contributed by atoms with Gasteiger partial charge in [0.15, 0.2) is 0 Å². The molecule has 0 saturated heterocycles. The molecule has 2 bridgehead atoms. The van der Waals surface area contributed by atoms with Crippen molar-refractivity contribution in [3.05, 3.63) is 24.3 Å². The Balaban J connectivity index is 1.48. The molecule has 0 amide bonds. The molecule has 0 N–H and O–H groups in total. The van der Waals surface area contributed by atoms with Gasteiger partial charge in [-0.3, -0.25) is 0 Å². The van der Waals surface area contributed by atoms with Crippen LogP contribution in [0.2, 0.25) is 0 Å². The molecule has 4 rings (SSSR count). The SMILES string of the molecule is CCCCCCC12CCC(COc3ccc(N=C=S)cc3)(CC1)CC2. The maximum atomic E-state index is 6.16. The number of isothiocyanates is 1. The Morgan fingerprint density at radius 3 is 2.20 bits per heavy atom. The normalized spacial score (nSPS) is 27.7. The van der Waals surface area contributed by atoms with Crippen LogP contribution in [0.1, 0.15) is 77.6 Å². The third-order valence-electron chi connectivity index (χ3n) is 6.67. The third kappa shape index (κ3) is 4.71. The quantitative estimate of drug-likeness (QED) is 0.267. The molecule has 0 heterocycles. The Labute approximate surface area is 158 Å². The number of hydrogen-bond donors (Lipinski definition) is 0. The number of unbranched alkanes of at least 4 members (excludes halogenated alkanes) is 3. The van der Waals surface area contributed by atoms with E-state index in [0.29, 0.717) is 10.8 Å². The summed E-state index contributed by atoms with van der Waals surface area (Å²) < 4.78 is 6.16. The number of fused-ring (bicyclic) bond motifs is 3. The van der Waals surface area contributed by atoms with Gasteiger partial charge < -0.3 is 4.74 Å².